The Morgan fingerprint density at radius 2 is 2.00 bits per heavy atom. The molecule has 0 fully saturated rings. The zero-order valence-electron chi connectivity index (χ0n) is 10.6. The van der Waals surface area contributed by atoms with Gasteiger partial charge in [0.2, 0.25) is 0 Å². The van der Waals surface area contributed by atoms with Crippen molar-refractivity contribution in [1.82, 2.24) is 4.98 Å². The van der Waals surface area contributed by atoms with E-state index in [2.05, 4.69) is 4.98 Å². The molecule has 0 amide bonds. The van der Waals surface area contributed by atoms with Gasteiger partial charge >= 0.3 is 0 Å². The first kappa shape index (κ1) is 12.6. The van der Waals surface area contributed by atoms with Gasteiger partial charge in [-0.15, -0.1) is 0 Å². The molecule has 3 nitrogen and oxygen atoms in total. The second-order valence-electron chi connectivity index (χ2n) is 4.23. The zero-order valence-corrected chi connectivity index (χ0v) is 10.6. The average molecular weight is 243 g/mol. The number of para-hydroxylation sites is 1. The molecule has 1 unspecified atom stereocenters. The van der Waals surface area contributed by atoms with Gasteiger partial charge in [0.15, 0.2) is 0 Å². The number of pyridine rings is 1. The van der Waals surface area contributed by atoms with E-state index in [0.29, 0.717) is 12.2 Å². The Hall–Kier alpha value is -1.87. The summed E-state index contributed by atoms with van der Waals surface area (Å²) in [4.78, 5) is 4.30. The van der Waals surface area contributed by atoms with E-state index in [9.17, 15) is 5.11 Å². The van der Waals surface area contributed by atoms with Crippen LogP contribution in [0.25, 0.3) is 0 Å². The summed E-state index contributed by atoms with van der Waals surface area (Å²) in [6, 6.07) is 11.4. The Kier molecular flexibility index (Phi) is 3.95. The van der Waals surface area contributed by atoms with Crippen molar-refractivity contribution in [2.75, 3.05) is 7.11 Å². The number of nitrogens with zero attached hydrogens (tertiary/aromatic N) is 1. The molecule has 1 aromatic carbocycles. The Labute approximate surface area is 107 Å². The number of rotatable bonds is 4. The maximum atomic E-state index is 10.3. The third-order valence-corrected chi connectivity index (χ3v) is 3.00. The minimum Gasteiger partial charge on any atom is -0.496 e. The molecule has 1 heterocycles. The first-order valence-electron chi connectivity index (χ1n) is 5.94. The number of aryl methyl sites for hydroxylation is 1. The van der Waals surface area contributed by atoms with Gasteiger partial charge in [-0.1, -0.05) is 24.3 Å². The average Bonchev–Trinajstić information content (AvgIpc) is 2.41. The number of methoxy groups -OCH3 is 1. The molecule has 2 aromatic rings. The topological polar surface area (TPSA) is 42.4 Å². The zero-order chi connectivity index (χ0) is 13.0. The van der Waals surface area contributed by atoms with Crippen LogP contribution in [0.1, 0.15) is 22.9 Å². The van der Waals surface area contributed by atoms with Gasteiger partial charge in [0.1, 0.15) is 5.75 Å². The second kappa shape index (κ2) is 5.65. The van der Waals surface area contributed by atoms with Crippen LogP contribution in [0.2, 0.25) is 0 Å². The van der Waals surface area contributed by atoms with E-state index < -0.39 is 6.10 Å². The van der Waals surface area contributed by atoms with Crippen molar-refractivity contribution < 1.29 is 9.84 Å². The Morgan fingerprint density at radius 3 is 2.72 bits per heavy atom. The van der Waals surface area contributed by atoms with Gasteiger partial charge in [-0.3, -0.25) is 4.98 Å². The van der Waals surface area contributed by atoms with E-state index in [4.69, 9.17) is 4.74 Å². The van der Waals surface area contributed by atoms with Crippen LogP contribution in [0.4, 0.5) is 0 Å². The predicted octanol–water partition coefficient (Wildman–Crippen LogP) is 2.67. The fourth-order valence-electron chi connectivity index (χ4n) is 1.97. The van der Waals surface area contributed by atoms with Gasteiger partial charge in [-0.2, -0.15) is 0 Å². The van der Waals surface area contributed by atoms with Crippen molar-refractivity contribution in [2.45, 2.75) is 19.4 Å². The number of aliphatic hydroxyl groups excluding tert-OH is 1. The molecule has 2 rings (SSSR count). The largest absolute Gasteiger partial charge is 0.496 e. The van der Waals surface area contributed by atoms with Crippen molar-refractivity contribution in [2.24, 2.45) is 0 Å². The minimum absolute atomic E-state index is 0.493. The molecule has 0 aliphatic carbocycles. The van der Waals surface area contributed by atoms with Crippen LogP contribution >= 0.6 is 0 Å². The van der Waals surface area contributed by atoms with Crippen molar-refractivity contribution in [1.29, 1.82) is 0 Å². The summed E-state index contributed by atoms with van der Waals surface area (Å²) in [6.07, 6.45) is 1.64. The molecule has 0 aliphatic rings. The van der Waals surface area contributed by atoms with E-state index >= 15 is 0 Å². The van der Waals surface area contributed by atoms with Gasteiger partial charge in [0.25, 0.3) is 0 Å². The Bertz CT molecular complexity index is 525. The normalized spacial score (nSPS) is 12.2. The lowest BCUT2D eigenvalue weighted by molar-refractivity contribution is 0.172. The van der Waals surface area contributed by atoms with Crippen LogP contribution in [0.15, 0.2) is 42.6 Å². The molecule has 0 radical (unpaired) electrons. The Morgan fingerprint density at radius 1 is 1.22 bits per heavy atom. The molecule has 3 heteroatoms. The summed E-state index contributed by atoms with van der Waals surface area (Å²) >= 11 is 0. The third kappa shape index (κ3) is 2.68. The summed E-state index contributed by atoms with van der Waals surface area (Å²) in [5.41, 5.74) is 2.80. The van der Waals surface area contributed by atoms with Gasteiger partial charge in [-0.05, 0) is 24.6 Å². The number of aliphatic hydroxyl groups is 1. The van der Waals surface area contributed by atoms with Gasteiger partial charge in [-0.25, -0.2) is 0 Å². The number of hydrogen-bond acceptors (Lipinski definition) is 3. The highest BCUT2D eigenvalue weighted by atomic mass is 16.5. The van der Waals surface area contributed by atoms with Gasteiger partial charge in [0, 0.05) is 23.9 Å². The number of aromatic nitrogens is 1. The molecule has 1 N–H and O–H groups in total. The first-order chi connectivity index (χ1) is 8.72. The Balaban J connectivity index is 2.22. The SMILES string of the molecule is COc1ccccc1C(O)Cc1ncccc1C. The predicted molar refractivity (Wildman–Crippen MR) is 70.6 cm³/mol. The second-order valence-corrected chi connectivity index (χ2v) is 4.23. The van der Waals surface area contributed by atoms with Crippen molar-refractivity contribution in [3.63, 3.8) is 0 Å². The lowest BCUT2D eigenvalue weighted by atomic mass is 10.0. The van der Waals surface area contributed by atoms with Gasteiger partial charge < -0.3 is 9.84 Å². The molecule has 94 valence electrons. The van der Waals surface area contributed by atoms with Crippen molar-refractivity contribution in [3.05, 3.63) is 59.4 Å². The summed E-state index contributed by atoms with van der Waals surface area (Å²) in [5.74, 6) is 0.707. The molecule has 0 aliphatic heterocycles. The summed E-state index contributed by atoms with van der Waals surface area (Å²) in [7, 11) is 1.61. The highest BCUT2D eigenvalue weighted by molar-refractivity contribution is 5.36. The molecule has 0 spiro atoms. The maximum absolute atomic E-state index is 10.3. The fourth-order valence-corrected chi connectivity index (χ4v) is 1.97. The fraction of sp³-hybridized carbons (Fsp3) is 0.267. The quantitative estimate of drug-likeness (QED) is 0.897. The van der Waals surface area contributed by atoms with Crippen LogP contribution < -0.4 is 4.74 Å². The van der Waals surface area contributed by atoms with E-state index in [1.165, 1.54) is 0 Å². The molecule has 1 atom stereocenters. The summed E-state index contributed by atoms with van der Waals surface area (Å²) in [5, 5.41) is 10.3. The third-order valence-electron chi connectivity index (χ3n) is 3.00. The van der Waals surface area contributed by atoms with E-state index in [1.54, 1.807) is 13.3 Å². The first-order valence-corrected chi connectivity index (χ1v) is 5.94. The standard InChI is InChI=1S/C15H17NO2/c1-11-6-5-9-16-13(11)10-14(17)12-7-3-4-8-15(12)18-2/h3-9,14,17H,10H2,1-2H3. The highest BCUT2D eigenvalue weighted by Crippen LogP contribution is 2.27. The van der Waals surface area contributed by atoms with Crippen LogP contribution in [0.3, 0.4) is 0 Å². The van der Waals surface area contributed by atoms with E-state index in [-0.39, 0.29) is 0 Å². The molecule has 0 bridgehead atoms. The van der Waals surface area contributed by atoms with E-state index in [1.807, 2.05) is 43.3 Å². The van der Waals surface area contributed by atoms with Crippen molar-refractivity contribution >= 4 is 0 Å². The molecular weight excluding hydrogens is 226 g/mol. The lowest BCUT2D eigenvalue weighted by Crippen LogP contribution is -2.06. The molecular formula is C15H17NO2. The highest BCUT2D eigenvalue weighted by Gasteiger charge is 2.14. The molecule has 0 saturated heterocycles. The molecule has 1 aromatic heterocycles. The van der Waals surface area contributed by atoms with Crippen LogP contribution in [0.5, 0.6) is 5.75 Å². The number of ether oxygens (including phenoxy) is 1. The monoisotopic (exact) mass is 243 g/mol. The summed E-state index contributed by atoms with van der Waals surface area (Å²) in [6.45, 7) is 2.00. The number of benzene rings is 1. The molecule has 18 heavy (non-hydrogen) atoms. The summed E-state index contributed by atoms with van der Waals surface area (Å²) < 4.78 is 5.25. The van der Waals surface area contributed by atoms with Crippen LogP contribution in [-0.2, 0) is 6.42 Å². The molecule has 0 saturated carbocycles. The maximum Gasteiger partial charge on any atom is 0.124 e. The van der Waals surface area contributed by atoms with Crippen LogP contribution in [-0.4, -0.2) is 17.2 Å². The minimum atomic E-state index is -0.602. The van der Waals surface area contributed by atoms with Crippen molar-refractivity contribution in [3.8, 4) is 5.75 Å². The number of hydrogen-bond donors (Lipinski definition) is 1. The lowest BCUT2D eigenvalue weighted by Gasteiger charge is -2.15. The smallest absolute Gasteiger partial charge is 0.124 e. The van der Waals surface area contributed by atoms with Crippen LogP contribution in [0, 0.1) is 6.92 Å². The van der Waals surface area contributed by atoms with E-state index in [0.717, 1.165) is 16.8 Å². The van der Waals surface area contributed by atoms with Gasteiger partial charge in [0.05, 0.1) is 13.2 Å².